The molecule has 4 rings (SSSR count). The summed E-state index contributed by atoms with van der Waals surface area (Å²) in [6, 6.07) is 0. The predicted molar refractivity (Wildman–Crippen MR) is 97.9 cm³/mol. The normalized spacial score (nSPS) is 27.6. The van der Waals surface area contributed by atoms with E-state index in [1.807, 2.05) is 13.8 Å². The van der Waals surface area contributed by atoms with Crippen molar-refractivity contribution >= 4 is 11.2 Å². The van der Waals surface area contributed by atoms with Gasteiger partial charge >= 0.3 is 5.69 Å². The van der Waals surface area contributed by atoms with Crippen LogP contribution in [-0.2, 0) is 18.5 Å². The van der Waals surface area contributed by atoms with Crippen LogP contribution in [0.1, 0.15) is 52.3 Å². The molecule has 1 N–H and O–H groups in total. The minimum atomic E-state index is -0.241. The molecule has 6 heteroatoms. The molecule has 134 valence electrons. The maximum absolute atomic E-state index is 12.9. The summed E-state index contributed by atoms with van der Waals surface area (Å²) < 4.78 is 3.02. The second-order valence-electron chi connectivity index (χ2n) is 7.78. The van der Waals surface area contributed by atoms with Gasteiger partial charge in [0.05, 0.1) is 0 Å². The summed E-state index contributed by atoms with van der Waals surface area (Å²) in [5.41, 5.74) is 0.442. The fourth-order valence-corrected chi connectivity index (χ4v) is 4.65. The van der Waals surface area contributed by atoms with E-state index in [0.29, 0.717) is 36.1 Å². The number of imidazole rings is 1. The first kappa shape index (κ1) is 16.4. The summed E-state index contributed by atoms with van der Waals surface area (Å²) in [5.74, 6) is 1.93. The van der Waals surface area contributed by atoms with E-state index in [1.165, 1.54) is 4.57 Å². The van der Waals surface area contributed by atoms with Gasteiger partial charge in [-0.3, -0.25) is 13.9 Å². The van der Waals surface area contributed by atoms with Crippen molar-refractivity contribution in [2.24, 2.45) is 11.8 Å². The number of H-pyrrole nitrogens is 1. The van der Waals surface area contributed by atoms with Gasteiger partial charge in [-0.25, -0.2) is 9.78 Å². The molecule has 0 radical (unpaired) electrons. The Morgan fingerprint density at radius 3 is 2.52 bits per heavy atom. The van der Waals surface area contributed by atoms with E-state index >= 15 is 0 Å². The van der Waals surface area contributed by atoms with E-state index in [1.54, 1.807) is 4.57 Å². The highest BCUT2D eigenvalue weighted by molar-refractivity contribution is 5.70. The second-order valence-corrected chi connectivity index (χ2v) is 7.78. The molecule has 25 heavy (non-hydrogen) atoms. The fourth-order valence-electron chi connectivity index (χ4n) is 4.65. The summed E-state index contributed by atoms with van der Waals surface area (Å²) in [5, 5.41) is 0. The van der Waals surface area contributed by atoms with Crippen LogP contribution < -0.4 is 11.2 Å². The van der Waals surface area contributed by atoms with Crippen LogP contribution in [0.5, 0.6) is 0 Å². The number of nitrogens with zero attached hydrogens (tertiary/aromatic N) is 3. The van der Waals surface area contributed by atoms with Gasteiger partial charge in [-0.1, -0.05) is 32.9 Å². The maximum atomic E-state index is 12.9. The number of allylic oxidation sites excluding steroid dienone is 2. The lowest BCUT2D eigenvalue weighted by Crippen LogP contribution is -2.40. The standard InChI is InChI=1S/C19H26N4O2/c1-4-8-22-15-14(16(24)23(9-5-2)18(22)25)20-17(21-15)19(3)11-12-6-7-13(19)10-12/h6-7,12-13H,4-5,8-11H2,1-3H3,(H,20,21)/t12?,13?,19-/m0/s1. The largest absolute Gasteiger partial charge is 0.336 e. The molecule has 2 bridgehead atoms. The number of fused-ring (bicyclic) bond motifs is 3. The smallest absolute Gasteiger partial charge is 0.332 e. The van der Waals surface area contributed by atoms with Crippen molar-refractivity contribution in [1.29, 1.82) is 0 Å². The van der Waals surface area contributed by atoms with Crippen LogP contribution in [0.25, 0.3) is 11.2 Å². The molecule has 1 fully saturated rings. The van der Waals surface area contributed by atoms with Crippen LogP contribution in [0.15, 0.2) is 21.7 Å². The summed E-state index contributed by atoms with van der Waals surface area (Å²) in [6.45, 7) is 7.25. The predicted octanol–water partition coefficient (Wildman–Crippen LogP) is 2.56. The Morgan fingerprint density at radius 1 is 1.20 bits per heavy atom. The van der Waals surface area contributed by atoms with Crippen molar-refractivity contribution in [3.8, 4) is 0 Å². The molecule has 2 heterocycles. The summed E-state index contributed by atoms with van der Waals surface area (Å²) in [4.78, 5) is 33.7. The number of nitrogens with one attached hydrogen (secondary N) is 1. The number of aromatic nitrogens is 4. The van der Waals surface area contributed by atoms with Crippen LogP contribution >= 0.6 is 0 Å². The van der Waals surface area contributed by atoms with Crippen molar-refractivity contribution in [2.75, 3.05) is 0 Å². The van der Waals surface area contributed by atoms with Gasteiger partial charge in [0, 0.05) is 18.5 Å². The average Bonchev–Trinajstić information content (AvgIpc) is 3.29. The Labute approximate surface area is 146 Å². The number of aromatic amines is 1. The molecular weight excluding hydrogens is 316 g/mol. The minimum Gasteiger partial charge on any atom is -0.336 e. The molecule has 2 unspecified atom stereocenters. The van der Waals surface area contributed by atoms with Crippen molar-refractivity contribution in [3.63, 3.8) is 0 Å². The molecule has 2 aliphatic rings. The van der Waals surface area contributed by atoms with Crippen LogP contribution in [-0.4, -0.2) is 19.1 Å². The molecule has 0 aliphatic heterocycles. The van der Waals surface area contributed by atoms with Crippen LogP contribution in [0.2, 0.25) is 0 Å². The van der Waals surface area contributed by atoms with Gasteiger partial charge in [-0.05, 0) is 37.5 Å². The lowest BCUT2D eigenvalue weighted by molar-refractivity contribution is 0.376. The average molecular weight is 342 g/mol. The van der Waals surface area contributed by atoms with E-state index in [0.717, 1.165) is 31.5 Å². The van der Waals surface area contributed by atoms with Gasteiger partial charge in [-0.2, -0.15) is 0 Å². The third-order valence-electron chi connectivity index (χ3n) is 5.97. The quantitative estimate of drug-likeness (QED) is 0.849. The zero-order valence-corrected chi connectivity index (χ0v) is 15.2. The molecule has 2 aromatic heterocycles. The number of rotatable bonds is 5. The van der Waals surface area contributed by atoms with Gasteiger partial charge in [0.25, 0.3) is 5.56 Å². The first-order valence-corrected chi connectivity index (χ1v) is 9.41. The molecule has 1 saturated carbocycles. The summed E-state index contributed by atoms with van der Waals surface area (Å²) in [7, 11) is 0. The van der Waals surface area contributed by atoms with Crippen LogP contribution in [0, 0.1) is 11.8 Å². The van der Waals surface area contributed by atoms with E-state index in [-0.39, 0.29) is 16.7 Å². The third kappa shape index (κ3) is 2.26. The lowest BCUT2D eigenvalue weighted by Gasteiger charge is -2.28. The Hall–Kier alpha value is -2.11. The minimum absolute atomic E-state index is 0.0758. The molecule has 2 aromatic rings. The summed E-state index contributed by atoms with van der Waals surface area (Å²) in [6.07, 6.45) is 8.38. The van der Waals surface area contributed by atoms with E-state index in [2.05, 4.69) is 24.1 Å². The van der Waals surface area contributed by atoms with Crippen molar-refractivity contribution in [2.45, 2.75) is 65.0 Å². The number of hydrogen-bond donors (Lipinski definition) is 1. The zero-order chi connectivity index (χ0) is 17.8. The first-order valence-electron chi connectivity index (χ1n) is 9.41. The van der Waals surface area contributed by atoms with Crippen molar-refractivity contribution < 1.29 is 0 Å². The molecular formula is C19H26N4O2. The van der Waals surface area contributed by atoms with Crippen molar-refractivity contribution in [3.05, 3.63) is 38.8 Å². The molecule has 0 amide bonds. The maximum Gasteiger partial charge on any atom is 0.332 e. The molecule has 0 spiro atoms. The molecule has 3 atom stereocenters. The highest BCUT2D eigenvalue weighted by Gasteiger charge is 2.48. The van der Waals surface area contributed by atoms with Gasteiger partial charge in [0.1, 0.15) is 11.3 Å². The SMILES string of the molecule is CCCn1c(=O)c2[nH]c([C@@]3(C)CC4C=CC3C4)nc2n(CCC)c1=O. The van der Waals surface area contributed by atoms with E-state index in [4.69, 9.17) is 4.98 Å². The summed E-state index contributed by atoms with van der Waals surface area (Å²) >= 11 is 0. The number of aryl methyl sites for hydroxylation is 1. The lowest BCUT2D eigenvalue weighted by atomic mass is 9.77. The third-order valence-corrected chi connectivity index (χ3v) is 5.97. The van der Waals surface area contributed by atoms with Gasteiger partial charge < -0.3 is 4.98 Å². The van der Waals surface area contributed by atoms with Crippen LogP contribution in [0.4, 0.5) is 0 Å². The highest BCUT2D eigenvalue weighted by Crippen LogP contribution is 2.52. The van der Waals surface area contributed by atoms with E-state index < -0.39 is 0 Å². The molecule has 0 saturated heterocycles. The zero-order valence-electron chi connectivity index (χ0n) is 15.2. The molecule has 0 aromatic carbocycles. The van der Waals surface area contributed by atoms with Gasteiger partial charge in [0.15, 0.2) is 5.65 Å². The van der Waals surface area contributed by atoms with Gasteiger partial charge in [-0.15, -0.1) is 0 Å². The highest BCUT2D eigenvalue weighted by atomic mass is 16.2. The second kappa shape index (κ2) is 5.71. The van der Waals surface area contributed by atoms with Crippen LogP contribution in [0.3, 0.4) is 0 Å². The molecule has 2 aliphatic carbocycles. The Morgan fingerprint density at radius 2 is 1.92 bits per heavy atom. The van der Waals surface area contributed by atoms with Crippen molar-refractivity contribution in [1.82, 2.24) is 19.1 Å². The first-order chi connectivity index (χ1) is 12.0. The monoisotopic (exact) mass is 342 g/mol. The Balaban J connectivity index is 1.95. The topological polar surface area (TPSA) is 72.7 Å². The fraction of sp³-hybridized carbons (Fsp3) is 0.632. The Kier molecular flexibility index (Phi) is 3.74. The number of hydrogen-bond acceptors (Lipinski definition) is 3. The van der Waals surface area contributed by atoms with E-state index in [9.17, 15) is 9.59 Å². The Bertz CT molecular complexity index is 964. The van der Waals surface area contributed by atoms with Gasteiger partial charge in [0.2, 0.25) is 0 Å². The molecule has 6 nitrogen and oxygen atoms in total.